The molecule has 0 saturated heterocycles. The van der Waals surface area contributed by atoms with Gasteiger partial charge >= 0.3 is 12.3 Å². The number of halogens is 3. The van der Waals surface area contributed by atoms with E-state index in [4.69, 9.17) is 10.00 Å². The lowest BCUT2D eigenvalue weighted by Gasteiger charge is -2.17. The Balaban J connectivity index is 3.34. The maximum absolute atomic E-state index is 12.5. The minimum atomic E-state index is -4.94. The fraction of sp³-hybridized carbons (Fsp3) is 0.429. The van der Waals surface area contributed by atoms with Crippen molar-refractivity contribution in [1.82, 2.24) is 0 Å². The summed E-state index contributed by atoms with van der Waals surface area (Å²) in [7, 11) is 0. The first-order chi connectivity index (χ1) is 9.82. The van der Waals surface area contributed by atoms with E-state index in [2.05, 4.69) is 4.74 Å². The summed E-state index contributed by atoms with van der Waals surface area (Å²) in [6, 6.07) is 4.39. The molecule has 114 valence electrons. The molecule has 0 N–H and O–H groups in total. The number of ether oxygens (including phenoxy) is 2. The van der Waals surface area contributed by atoms with Gasteiger partial charge in [-0.25, -0.2) is 0 Å². The Labute approximate surface area is 120 Å². The van der Waals surface area contributed by atoms with Crippen molar-refractivity contribution in [2.75, 3.05) is 6.61 Å². The van der Waals surface area contributed by atoms with Crippen LogP contribution in [-0.2, 0) is 22.4 Å². The SMILES string of the molecule is CCOC(=O)Cc1c(CC)ccc(C#N)c1OC(F)(F)F. The van der Waals surface area contributed by atoms with Gasteiger partial charge in [-0.2, -0.15) is 5.26 Å². The van der Waals surface area contributed by atoms with Gasteiger partial charge in [-0.15, -0.1) is 13.2 Å². The molecule has 1 aromatic rings. The number of hydrogen-bond donors (Lipinski definition) is 0. The highest BCUT2D eigenvalue weighted by Crippen LogP contribution is 2.33. The molecule has 0 aromatic heterocycles. The minimum Gasteiger partial charge on any atom is -0.466 e. The minimum absolute atomic E-state index is 0.0346. The maximum Gasteiger partial charge on any atom is 0.573 e. The van der Waals surface area contributed by atoms with Crippen molar-refractivity contribution in [3.05, 3.63) is 28.8 Å². The Kier molecular flexibility index (Phi) is 5.59. The molecule has 0 amide bonds. The molecule has 0 fully saturated rings. The predicted octanol–water partition coefficient (Wildman–Crippen LogP) is 3.12. The second-order valence-electron chi connectivity index (χ2n) is 4.07. The third-order valence-electron chi connectivity index (χ3n) is 2.70. The summed E-state index contributed by atoms with van der Waals surface area (Å²) in [4.78, 5) is 11.6. The van der Waals surface area contributed by atoms with Crippen LogP contribution in [0.15, 0.2) is 12.1 Å². The van der Waals surface area contributed by atoms with E-state index >= 15 is 0 Å². The third kappa shape index (κ3) is 4.67. The van der Waals surface area contributed by atoms with Gasteiger partial charge in [0, 0.05) is 5.56 Å². The average molecular weight is 301 g/mol. The van der Waals surface area contributed by atoms with Gasteiger partial charge in [-0.1, -0.05) is 13.0 Å². The van der Waals surface area contributed by atoms with Gasteiger partial charge in [0.2, 0.25) is 0 Å². The molecule has 0 aliphatic carbocycles. The Morgan fingerprint density at radius 1 is 1.33 bits per heavy atom. The van der Waals surface area contributed by atoms with Crippen LogP contribution in [0.4, 0.5) is 13.2 Å². The van der Waals surface area contributed by atoms with Crippen molar-refractivity contribution < 1.29 is 27.4 Å². The monoisotopic (exact) mass is 301 g/mol. The molecular formula is C14H14F3NO3. The van der Waals surface area contributed by atoms with Crippen LogP contribution in [0.1, 0.15) is 30.5 Å². The number of hydrogen-bond acceptors (Lipinski definition) is 4. The van der Waals surface area contributed by atoms with Crippen molar-refractivity contribution >= 4 is 5.97 Å². The normalized spacial score (nSPS) is 10.9. The van der Waals surface area contributed by atoms with Crippen molar-refractivity contribution in [2.24, 2.45) is 0 Å². The van der Waals surface area contributed by atoms with E-state index in [1.165, 1.54) is 12.1 Å². The van der Waals surface area contributed by atoms with Gasteiger partial charge in [0.25, 0.3) is 0 Å². The summed E-state index contributed by atoms with van der Waals surface area (Å²) in [6.45, 7) is 3.44. The van der Waals surface area contributed by atoms with Crippen molar-refractivity contribution in [1.29, 1.82) is 5.26 Å². The summed E-state index contributed by atoms with van der Waals surface area (Å²) in [5.74, 6) is -1.30. The van der Waals surface area contributed by atoms with E-state index in [1.54, 1.807) is 19.9 Å². The highest BCUT2D eigenvalue weighted by molar-refractivity contribution is 5.75. The Bertz CT molecular complexity index is 562. The lowest BCUT2D eigenvalue weighted by Crippen LogP contribution is -2.20. The van der Waals surface area contributed by atoms with Gasteiger partial charge < -0.3 is 9.47 Å². The summed E-state index contributed by atoms with van der Waals surface area (Å²) >= 11 is 0. The fourth-order valence-electron chi connectivity index (χ4n) is 1.87. The van der Waals surface area contributed by atoms with Crippen LogP contribution in [0.25, 0.3) is 0 Å². The van der Waals surface area contributed by atoms with Crippen molar-refractivity contribution in [3.63, 3.8) is 0 Å². The Hall–Kier alpha value is -2.23. The van der Waals surface area contributed by atoms with E-state index in [-0.39, 0.29) is 24.2 Å². The summed E-state index contributed by atoms with van der Waals surface area (Å²) in [5, 5.41) is 8.93. The van der Waals surface area contributed by atoms with E-state index in [1.807, 2.05) is 0 Å². The second-order valence-corrected chi connectivity index (χ2v) is 4.07. The number of alkyl halides is 3. The lowest BCUT2D eigenvalue weighted by molar-refractivity contribution is -0.275. The van der Waals surface area contributed by atoms with Crippen LogP contribution in [-0.4, -0.2) is 18.9 Å². The first-order valence-corrected chi connectivity index (χ1v) is 6.28. The maximum atomic E-state index is 12.5. The molecule has 4 nitrogen and oxygen atoms in total. The Morgan fingerprint density at radius 2 is 2.00 bits per heavy atom. The van der Waals surface area contributed by atoms with E-state index in [9.17, 15) is 18.0 Å². The zero-order chi connectivity index (χ0) is 16.0. The molecule has 0 bridgehead atoms. The topological polar surface area (TPSA) is 59.3 Å². The number of aryl methyl sites for hydroxylation is 1. The predicted molar refractivity (Wildman–Crippen MR) is 67.6 cm³/mol. The molecule has 0 unspecified atom stereocenters. The number of carbonyl (C=O) groups excluding carboxylic acids is 1. The molecule has 7 heteroatoms. The number of benzene rings is 1. The number of esters is 1. The zero-order valence-electron chi connectivity index (χ0n) is 11.6. The van der Waals surface area contributed by atoms with Crippen molar-refractivity contribution in [3.8, 4) is 11.8 Å². The molecule has 0 saturated carbocycles. The standard InChI is InChI=1S/C14H14F3NO3/c1-3-9-5-6-10(8-18)13(21-14(15,16)17)11(9)7-12(19)20-4-2/h5-6H,3-4,7H2,1-2H3. The number of nitriles is 1. The van der Waals surface area contributed by atoms with Crippen molar-refractivity contribution in [2.45, 2.75) is 33.1 Å². The quantitative estimate of drug-likeness (QED) is 0.784. The molecule has 0 aliphatic heterocycles. The zero-order valence-corrected chi connectivity index (χ0v) is 11.6. The van der Waals surface area contributed by atoms with Gasteiger partial charge in [-0.05, 0) is 25.0 Å². The van der Waals surface area contributed by atoms with Gasteiger partial charge in [0.15, 0.2) is 5.75 Å². The van der Waals surface area contributed by atoms with E-state index < -0.39 is 18.1 Å². The van der Waals surface area contributed by atoms with Crippen LogP contribution >= 0.6 is 0 Å². The fourth-order valence-corrected chi connectivity index (χ4v) is 1.87. The Morgan fingerprint density at radius 3 is 2.48 bits per heavy atom. The largest absolute Gasteiger partial charge is 0.573 e. The summed E-state index contributed by atoms with van der Waals surface area (Å²) in [6.07, 6.45) is -4.92. The highest BCUT2D eigenvalue weighted by Gasteiger charge is 2.34. The third-order valence-corrected chi connectivity index (χ3v) is 2.70. The van der Waals surface area contributed by atoms with E-state index in [0.717, 1.165) is 0 Å². The smallest absolute Gasteiger partial charge is 0.466 e. The molecule has 1 rings (SSSR count). The number of carbonyl (C=O) groups is 1. The van der Waals surface area contributed by atoms with Crippen LogP contribution in [0, 0.1) is 11.3 Å². The molecule has 0 aliphatic rings. The molecule has 1 aromatic carbocycles. The second kappa shape index (κ2) is 6.97. The number of rotatable bonds is 5. The van der Waals surface area contributed by atoms with Gasteiger partial charge in [-0.3, -0.25) is 4.79 Å². The first-order valence-electron chi connectivity index (χ1n) is 6.28. The molecule has 0 atom stereocenters. The van der Waals surface area contributed by atoms with Crippen LogP contribution in [0.3, 0.4) is 0 Å². The van der Waals surface area contributed by atoms with Crippen LogP contribution in [0.2, 0.25) is 0 Å². The summed E-state index contributed by atoms with van der Waals surface area (Å²) in [5.41, 5.74) is 0.262. The first kappa shape index (κ1) is 16.8. The van der Waals surface area contributed by atoms with Gasteiger partial charge in [0.1, 0.15) is 6.07 Å². The average Bonchev–Trinajstić information content (AvgIpc) is 2.39. The van der Waals surface area contributed by atoms with Crippen LogP contribution < -0.4 is 4.74 Å². The van der Waals surface area contributed by atoms with E-state index in [0.29, 0.717) is 12.0 Å². The lowest BCUT2D eigenvalue weighted by atomic mass is 9.98. The summed E-state index contributed by atoms with van der Waals surface area (Å²) < 4.78 is 46.2. The van der Waals surface area contributed by atoms with Crippen LogP contribution in [0.5, 0.6) is 5.75 Å². The number of nitrogens with zero attached hydrogens (tertiary/aromatic N) is 1. The molecular weight excluding hydrogens is 287 g/mol. The molecule has 0 radical (unpaired) electrons. The molecule has 21 heavy (non-hydrogen) atoms. The molecule has 0 heterocycles. The molecule has 0 spiro atoms. The highest BCUT2D eigenvalue weighted by atomic mass is 19.4. The van der Waals surface area contributed by atoms with Gasteiger partial charge in [0.05, 0.1) is 18.6 Å².